The Morgan fingerprint density at radius 3 is 2.55 bits per heavy atom. The molecule has 1 aromatic rings. The highest BCUT2D eigenvalue weighted by atomic mass is 32.2. The zero-order valence-corrected chi connectivity index (χ0v) is 12.7. The zero-order valence-electron chi connectivity index (χ0n) is 11.9. The van der Waals surface area contributed by atoms with Gasteiger partial charge in [-0.1, -0.05) is 0 Å². The van der Waals surface area contributed by atoms with Crippen molar-refractivity contribution in [2.45, 2.75) is 24.2 Å². The highest BCUT2D eigenvalue weighted by Gasteiger charge is 2.14. The summed E-state index contributed by atoms with van der Waals surface area (Å²) in [5, 5.41) is 0. The smallest absolute Gasteiger partial charge is 0.240 e. The molecule has 0 saturated heterocycles. The van der Waals surface area contributed by atoms with Crippen LogP contribution in [0.4, 0.5) is 5.69 Å². The van der Waals surface area contributed by atoms with Crippen LogP contribution >= 0.6 is 0 Å². The molecule has 0 aliphatic rings. The van der Waals surface area contributed by atoms with Gasteiger partial charge in [-0.05, 0) is 37.5 Å². The lowest BCUT2D eigenvalue weighted by Crippen LogP contribution is -2.25. The van der Waals surface area contributed by atoms with Gasteiger partial charge in [0, 0.05) is 20.3 Å². The number of sulfonamides is 1. The number of hydrogen-bond acceptors (Lipinski definition) is 5. The van der Waals surface area contributed by atoms with Gasteiger partial charge in [0.05, 0.1) is 17.7 Å². The SMILES string of the molecule is COCCCCCNS(=O)(=O)c1ccc(OC)c(N)c1. The fraction of sp³-hybridized carbons (Fsp3) is 0.538. The summed E-state index contributed by atoms with van der Waals surface area (Å²) in [5.41, 5.74) is 6.01. The second kappa shape index (κ2) is 8.08. The topological polar surface area (TPSA) is 90.6 Å². The van der Waals surface area contributed by atoms with Gasteiger partial charge in [0.25, 0.3) is 0 Å². The molecule has 0 saturated carbocycles. The lowest BCUT2D eigenvalue weighted by molar-refractivity contribution is 0.192. The predicted octanol–water partition coefficient (Wildman–Crippen LogP) is 1.37. The Morgan fingerprint density at radius 2 is 1.95 bits per heavy atom. The molecule has 0 bridgehead atoms. The number of ether oxygens (including phenoxy) is 2. The van der Waals surface area contributed by atoms with Crippen LogP contribution in [0.1, 0.15) is 19.3 Å². The van der Waals surface area contributed by atoms with Gasteiger partial charge in [-0.25, -0.2) is 13.1 Å². The van der Waals surface area contributed by atoms with Crippen LogP contribution in [-0.4, -0.2) is 35.8 Å². The van der Waals surface area contributed by atoms with E-state index >= 15 is 0 Å². The van der Waals surface area contributed by atoms with Crippen LogP contribution in [0.25, 0.3) is 0 Å². The maximum atomic E-state index is 12.0. The number of rotatable bonds is 9. The van der Waals surface area contributed by atoms with Gasteiger partial charge in [-0.15, -0.1) is 0 Å². The summed E-state index contributed by atoms with van der Waals surface area (Å²) in [6.45, 7) is 1.10. The first-order valence-corrected chi connectivity index (χ1v) is 7.91. The van der Waals surface area contributed by atoms with Crippen molar-refractivity contribution in [3.8, 4) is 5.75 Å². The van der Waals surface area contributed by atoms with E-state index in [1.807, 2.05) is 0 Å². The molecule has 0 atom stereocenters. The lowest BCUT2D eigenvalue weighted by atomic mass is 10.2. The molecule has 7 heteroatoms. The molecular formula is C13H22N2O4S. The Hall–Kier alpha value is -1.31. The van der Waals surface area contributed by atoms with E-state index in [2.05, 4.69) is 4.72 Å². The first kappa shape index (κ1) is 16.7. The van der Waals surface area contributed by atoms with Gasteiger partial charge >= 0.3 is 0 Å². The van der Waals surface area contributed by atoms with E-state index in [1.54, 1.807) is 13.2 Å². The number of hydrogen-bond donors (Lipinski definition) is 2. The molecule has 0 spiro atoms. The monoisotopic (exact) mass is 302 g/mol. The van der Waals surface area contributed by atoms with Crippen molar-refractivity contribution >= 4 is 15.7 Å². The molecule has 0 amide bonds. The standard InChI is InChI=1S/C13H22N2O4S/c1-18-9-5-3-4-8-15-20(16,17)11-6-7-13(19-2)12(14)10-11/h6-7,10,15H,3-5,8-9,14H2,1-2H3. The average molecular weight is 302 g/mol. The zero-order chi connectivity index (χ0) is 15.0. The molecule has 1 aromatic carbocycles. The van der Waals surface area contributed by atoms with E-state index in [0.29, 0.717) is 24.6 Å². The molecule has 3 N–H and O–H groups in total. The first-order valence-electron chi connectivity index (χ1n) is 6.43. The van der Waals surface area contributed by atoms with Crippen LogP contribution in [0, 0.1) is 0 Å². The number of methoxy groups -OCH3 is 2. The Kier molecular flexibility index (Phi) is 6.77. The average Bonchev–Trinajstić information content (AvgIpc) is 2.42. The van der Waals surface area contributed by atoms with Crippen molar-refractivity contribution in [2.24, 2.45) is 0 Å². The fourth-order valence-electron chi connectivity index (χ4n) is 1.72. The van der Waals surface area contributed by atoms with Gasteiger partial charge in [0.2, 0.25) is 10.0 Å². The minimum absolute atomic E-state index is 0.146. The molecule has 0 aliphatic heterocycles. The quantitative estimate of drug-likeness (QED) is 0.531. The Balaban J connectivity index is 2.54. The van der Waals surface area contributed by atoms with Crippen molar-refractivity contribution in [1.82, 2.24) is 4.72 Å². The molecule has 0 fully saturated rings. The van der Waals surface area contributed by atoms with Crippen LogP contribution in [-0.2, 0) is 14.8 Å². The largest absolute Gasteiger partial charge is 0.495 e. The number of nitrogens with two attached hydrogens (primary N) is 1. The third kappa shape index (κ3) is 4.99. The van der Waals surface area contributed by atoms with Crippen molar-refractivity contribution in [3.05, 3.63) is 18.2 Å². The third-order valence-electron chi connectivity index (χ3n) is 2.83. The Labute approximate surface area is 120 Å². The summed E-state index contributed by atoms with van der Waals surface area (Å²) >= 11 is 0. The van der Waals surface area contributed by atoms with Gasteiger partial charge in [0.15, 0.2) is 0 Å². The number of benzene rings is 1. The maximum absolute atomic E-state index is 12.0. The summed E-state index contributed by atoms with van der Waals surface area (Å²) in [6.07, 6.45) is 2.61. The summed E-state index contributed by atoms with van der Waals surface area (Å²) in [5.74, 6) is 0.462. The molecule has 114 valence electrons. The highest BCUT2D eigenvalue weighted by Crippen LogP contribution is 2.24. The Morgan fingerprint density at radius 1 is 1.20 bits per heavy atom. The summed E-state index contributed by atoms with van der Waals surface area (Å²) in [7, 11) is -0.383. The van der Waals surface area contributed by atoms with Gasteiger partial charge in [-0.2, -0.15) is 0 Å². The second-order valence-corrected chi connectivity index (χ2v) is 6.12. The van der Waals surface area contributed by atoms with E-state index in [1.165, 1.54) is 19.2 Å². The molecule has 1 rings (SSSR count). The van der Waals surface area contributed by atoms with Crippen molar-refractivity contribution in [2.75, 3.05) is 33.1 Å². The van der Waals surface area contributed by atoms with Crippen molar-refractivity contribution in [1.29, 1.82) is 0 Å². The minimum atomic E-state index is -3.52. The number of unbranched alkanes of at least 4 members (excludes halogenated alkanes) is 2. The molecular weight excluding hydrogens is 280 g/mol. The molecule has 20 heavy (non-hydrogen) atoms. The number of anilines is 1. The van der Waals surface area contributed by atoms with E-state index in [-0.39, 0.29) is 4.90 Å². The van der Waals surface area contributed by atoms with Crippen molar-refractivity contribution < 1.29 is 17.9 Å². The normalized spacial score (nSPS) is 11.5. The summed E-state index contributed by atoms with van der Waals surface area (Å²) < 4.78 is 36.6. The highest BCUT2D eigenvalue weighted by molar-refractivity contribution is 7.89. The summed E-state index contributed by atoms with van der Waals surface area (Å²) in [6, 6.07) is 4.41. The van der Waals surface area contributed by atoms with E-state index in [9.17, 15) is 8.42 Å². The number of nitrogen functional groups attached to an aromatic ring is 1. The van der Waals surface area contributed by atoms with Crippen LogP contribution in [0.15, 0.2) is 23.1 Å². The van der Waals surface area contributed by atoms with E-state index in [4.69, 9.17) is 15.2 Å². The molecule has 0 aliphatic carbocycles. The van der Waals surface area contributed by atoms with Gasteiger partial charge < -0.3 is 15.2 Å². The van der Waals surface area contributed by atoms with Crippen molar-refractivity contribution in [3.63, 3.8) is 0 Å². The predicted molar refractivity (Wildman–Crippen MR) is 78.3 cm³/mol. The first-order chi connectivity index (χ1) is 9.51. The molecule has 0 heterocycles. The van der Waals surface area contributed by atoms with Crippen LogP contribution in [0.3, 0.4) is 0 Å². The maximum Gasteiger partial charge on any atom is 0.240 e. The molecule has 0 aromatic heterocycles. The van der Waals surface area contributed by atoms with Crippen LogP contribution in [0.5, 0.6) is 5.75 Å². The molecule has 0 radical (unpaired) electrons. The van der Waals surface area contributed by atoms with Crippen LogP contribution < -0.4 is 15.2 Å². The number of nitrogens with one attached hydrogen (secondary N) is 1. The third-order valence-corrected chi connectivity index (χ3v) is 4.29. The lowest BCUT2D eigenvalue weighted by Gasteiger charge is -2.09. The fourth-order valence-corrected chi connectivity index (χ4v) is 2.83. The van der Waals surface area contributed by atoms with E-state index in [0.717, 1.165) is 19.3 Å². The molecule has 0 unspecified atom stereocenters. The van der Waals surface area contributed by atoms with E-state index < -0.39 is 10.0 Å². The van der Waals surface area contributed by atoms with Gasteiger partial charge in [0.1, 0.15) is 5.75 Å². The van der Waals surface area contributed by atoms with Gasteiger partial charge in [-0.3, -0.25) is 0 Å². The molecule has 6 nitrogen and oxygen atoms in total. The Bertz CT molecular complexity index is 517. The summed E-state index contributed by atoms with van der Waals surface area (Å²) in [4.78, 5) is 0.146. The van der Waals surface area contributed by atoms with Crippen LogP contribution in [0.2, 0.25) is 0 Å². The minimum Gasteiger partial charge on any atom is -0.495 e. The second-order valence-electron chi connectivity index (χ2n) is 4.35.